The standard InChI is InChI=1S/C18H32O3.Na/c1-2-3-4-11-14-17(19)15-12-9-7-5-6-8-10-13-16-18(20)21;/h9,12,14,19H,2-8,10-11,13,15-16H2,1H3,(H,20,21);/q;+1/p-1/b12-9-,17-14+;. The van der Waals surface area contributed by atoms with E-state index in [4.69, 9.17) is 5.11 Å². The van der Waals surface area contributed by atoms with Crippen molar-refractivity contribution in [2.24, 2.45) is 0 Å². The topological polar surface area (TPSA) is 60.4 Å². The van der Waals surface area contributed by atoms with Crippen LogP contribution in [0.25, 0.3) is 0 Å². The van der Waals surface area contributed by atoms with E-state index in [0.717, 1.165) is 51.4 Å². The third-order valence-electron chi connectivity index (χ3n) is 3.43. The van der Waals surface area contributed by atoms with E-state index in [-0.39, 0.29) is 41.7 Å². The van der Waals surface area contributed by atoms with Crippen LogP contribution in [0.1, 0.15) is 84.0 Å². The smallest absolute Gasteiger partial charge is 0.875 e. The Hall–Kier alpha value is -0.250. The summed E-state index contributed by atoms with van der Waals surface area (Å²) in [4.78, 5) is 10.3. The number of carboxylic acids is 1. The number of carboxylic acid groups (broad SMARTS) is 1. The van der Waals surface area contributed by atoms with E-state index in [1.807, 2.05) is 12.2 Å². The van der Waals surface area contributed by atoms with Crippen molar-refractivity contribution in [3.8, 4) is 0 Å². The number of allylic oxidation sites excluding steroid dienone is 3. The Kier molecular flexibility index (Phi) is 20.5. The number of unbranched alkanes of at least 4 members (excludes halogenated alkanes) is 8. The molecule has 0 aliphatic carbocycles. The first-order valence-electron chi connectivity index (χ1n) is 8.39. The molecule has 0 fully saturated rings. The molecule has 3 nitrogen and oxygen atoms in total. The molecule has 0 saturated carbocycles. The second-order valence-electron chi connectivity index (χ2n) is 5.54. The van der Waals surface area contributed by atoms with Crippen LogP contribution >= 0.6 is 0 Å². The average molecular weight is 318 g/mol. The van der Waals surface area contributed by atoms with Crippen molar-refractivity contribution < 1.29 is 44.6 Å². The normalized spacial score (nSPS) is 11.6. The minimum absolute atomic E-state index is 0. The van der Waals surface area contributed by atoms with Crippen LogP contribution in [0.3, 0.4) is 0 Å². The van der Waals surface area contributed by atoms with Gasteiger partial charge in [-0.2, -0.15) is 0 Å². The van der Waals surface area contributed by atoms with Crippen LogP contribution < -0.4 is 34.7 Å². The predicted molar refractivity (Wildman–Crippen MR) is 85.9 cm³/mol. The average Bonchev–Trinajstić information content (AvgIpc) is 2.45. The Morgan fingerprint density at radius 2 is 1.59 bits per heavy atom. The van der Waals surface area contributed by atoms with Crippen molar-refractivity contribution in [1.29, 1.82) is 0 Å². The second-order valence-corrected chi connectivity index (χ2v) is 5.54. The Labute approximate surface area is 158 Å². The van der Waals surface area contributed by atoms with Crippen LogP contribution in [0.4, 0.5) is 0 Å². The van der Waals surface area contributed by atoms with Crippen LogP contribution in [0.2, 0.25) is 0 Å². The first kappa shape index (κ1) is 24.0. The number of carbonyl (C=O) groups is 1. The van der Waals surface area contributed by atoms with Crippen LogP contribution in [-0.4, -0.2) is 11.1 Å². The van der Waals surface area contributed by atoms with Crippen LogP contribution in [0.15, 0.2) is 24.0 Å². The molecule has 0 aromatic rings. The summed E-state index contributed by atoms with van der Waals surface area (Å²) in [5.74, 6) is -0.467. The van der Waals surface area contributed by atoms with Crippen molar-refractivity contribution in [1.82, 2.24) is 0 Å². The van der Waals surface area contributed by atoms with Crippen molar-refractivity contribution >= 4 is 5.97 Å². The molecule has 4 heteroatoms. The third-order valence-corrected chi connectivity index (χ3v) is 3.43. The van der Waals surface area contributed by atoms with Gasteiger partial charge in [0.1, 0.15) is 0 Å². The molecule has 0 radical (unpaired) electrons. The fraction of sp³-hybridized carbons (Fsp3) is 0.722. The van der Waals surface area contributed by atoms with Gasteiger partial charge in [0, 0.05) is 6.42 Å². The fourth-order valence-corrected chi connectivity index (χ4v) is 2.13. The number of rotatable bonds is 14. The molecule has 0 spiro atoms. The van der Waals surface area contributed by atoms with Crippen LogP contribution in [0.5, 0.6) is 0 Å². The third kappa shape index (κ3) is 19.8. The van der Waals surface area contributed by atoms with Gasteiger partial charge in [0.2, 0.25) is 0 Å². The quantitative estimate of drug-likeness (QED) is 0.229. The van der Waals surface area contributed by atoms with Gasteiger partial charge in [-0.05, 0) is 38.5 Å². The molecule has 0 atom stereocenters. The summed E-state index contributed by atoms with van der Waals surface area (Å²) in [6.45, 7) is 2.16. The molecule has 0 unspecified atom stereocenters. The molecular formula is C18H31NaO3. The first-order chi connectivity index (χ1) is 10.2. The SMILES string of the molecule is CCCCC/C=C(/[O-])C/C=C\CCCCCCCC(=O)O.[Na+]. The van der Waals surface area contributed by atoms with Crippen LogP contribution in [0, 0.1) is 0 Å². The van der Waals surface area contributed by atoms with Gasteiger partial charge in [-0.25, -0.2) is 0 Å². The maximum absolute atomic E-state index is 11.5. The van der Waals surface area contributed by atoms with E-state index in [1.54, 1.807) is 0 Å². The van der Waals surface area contributed by atoms with E-state index in [9.17, 15) is 9.90 Å². The minimum atomic E-state index is -0.700. The van der Waals surface area contributed by atoms with E-state index >= 15 is 0 Å². The molecule has 0 aliphatic rings. The molecule has 122 valence electrons. The van der Waals surface area contributed by atoms with E-state index in [0.29, 0.717) is 6.42 Å². The number of aliphatic carboxylic acids is 1. The van der Waals surface area contributed by atoms with Gasteiger partial charge in [0.05, 0.1) is 0 Å². The molecule has 0 bridgehead atoms. The summed E-state index contributed by atoms with van der Waals surface area (Å²) < 4.78 is 0. The molecule has 22 heavy (non-hydrogen) atoms. The van der Waals surface area contributed by atoms with Gasteiger partial charge < -0.3 is 10.2 Å². The summed E-state index contributed by atoms with van der Waals surface area (Å²) in [5.41, 5.74) is 0. The maximum Gasteiger partial charge on any atom is 1.00 e. The molecule has 0 rings (SSSR count). The van der Waals surface area contributed by atoms with E-state index in [1.165, 1.54) is 12.8 Å². The van der Waals surface area contributed by atoms with Gasteiger partial charge in [-0.15, -0.1) is 5.76 Å². The van der Waals surface area contributed by atoms with Gasteiger partial charge in [0.15, 0.2) is 0 Å². The molecule has 0 saturated heterocycles. The number of hydrogen-bond acceptors (Lipinski definition) is 2. The van der Waals surface area contributed by atoms with E-state index < -0.39 is 5.97 Å². The van der Waals surface area contributed by atoms with Gasteiger partial charge in [0.25, 0.3) is 0 Å². The van der Waals surface area contributed by atoms with Crippen LogP contribution in [-0.2, 0) is 4.79 Å². The Balaban J connectivity index is 0. The van der Waals surface area contributed by atoms with Crippen molar-refractivity contribution in [2.75, 3.05) is 0 Å². The van der Waals surface area contributed by atoms with Gasteiger partial charge >= 0.3 is 35.5 Å². The monoisotopic (exact) mass is 318 g/mol. The summed E-state index contributed by atoms with van der Waals surface area (Å²) in [7, 11) is 0. The molecule has 1 N–H and O–H groups in total. The minimum Gasteiger partial charge on any atom is -0.875 e. The molecule has 0 aliphatic heterocycles. The Morgan fingerprint density at radius 1 is 0.955 bits per heavy atom. The second kappa shape index (κ2) is 18.8. The molecule has 0 aromatic carbocycles. The van der Waals surface area contributed by atoms with Crippen molar-refractivity contribution in [3.05, 3.63) is 24.0 Å². The van der Waals surface area contributed by atoms with Crippen molar-refractivity contribution in [2.45, 2.75) is 84.0 Å². The summed E-state index contributed by atoms with van der Waals surface area (Å²) in [6.07, 6.45) is 17.3. The fourth-order valence-electron chi connectivity index (χ4n) is 2.13. The molecule has 0 amide bonds. The zero-order valence-corrected chi connectivity index (χ0v) is 16.5. The van der Waals surface area contributed by atoms with Gasteiger partial charge in [-0.3, -0.25) is 4.79 Å². The maximum atomic E-state index is 11.5. The largest absolute Gasteiger partial charge is 1.00 e. The molecular weight excluding hydrogens is 287 g/mol. The van der Waals surface area contributed by atoms with Gasteiger partial charge in [-0.1, -0.05) is 57.3 Å². The molecule has 0 heterocycles. The first-order valence-corrected chi connectivity index (χ1v) is 8.39. The number of hydrogen-bond donors (Lipinski definition) is 1. The summed E-state index contributed by atoms with van der Waals surface area (Å²) in [6, 6.07) is 0. The predicted octanol–water partition coefficient (Wildman–Crippen LogP) is 1.58. The summed E-state index contributed by atoms with van der Waals surface area (Å²) in [5, 5.41) is 20.0. The zero-order valence-electron chi connectivity index (χ0n) is 14.5. The van der Waals surface area contributed by atoms with Crippen molar-refractivity contribution in [3.63, 3.8) is 0 Å². The Morgan fingerprint density at radius 3 is 2.27 bits per heavy atom. The zero-order chi connectivity index (χ0) is 15.8. The Bertz CT molecular complexity index is 311. The summed E-state index contributed by atoms with van der Waals surface area (Å²) >= 11 is 0. The van der Waals surface area contributed by atoms with E-state index in [2.05, 4.69) is 13.0 Å². The molecule has 0 aromatic heterocycles.